The Morgan fingerprint density at radius 3 is 2.45 bits per heavy atom. The number of amides is 2. The van der Waals surface area contributed by atoms with Gasteiger partial charge < -0.3 is 20.3 Å². The van der Waals surface area contributed by atoms with E-state index in [1.807, 2.05) is 4.90 Å². The highest BCUT2D eigenvalue weighted by molar-refractivity contribution is 5.85. The van der Waals surface area contributed by atoms with Crippen molar-refractivity contribution in [1.82, 2.24) is 15.5 Å². The molecule has 1 heterocycles. The Bertz CT molecular complexity index is 284. The summed E-state index contributed by atoms with van der Waals surface area (Å²) in [5.74, 6) is -0.146. The maximum atomic E-state index is 11.7. The van der Waals surface area contributed by atoms with Crippen LogP contribution < -0.4 is 10.6 Å². The minimum atomic E-state index is -0.146. The molecule has 6 nitrogen and oxygen atoms in total. The summed E-state index contributed by atoms with van der Waals surface area (Å²) >= 11 is 0. The fraction of sp³-hybridized carbons (Fsp3) is 0.846. The summed E-state index contributed by atoms with van der Waals surface area (Å²) in [6.07, 6.45) is 4.33. The summed E-state index contributed by atoms with van der Waals surface area (Å²) in [4.78, 5) is 24.5. The van der Waals surface area contributed by atoms with Gasteiger partial charge in [0.1, 0.15) is 0 Å². The summed E-state index contributed by atoms with van der Waals surface area (Å²) in [6.45, 7) is 4.03. The lowest BCUT2D eigenvalue weighted by molar-refractivity contribution is -0.140. The highest BCUT2D eigenvalue weighted by Crippen LogP contribution is 2.03. The van der Waals surface area contributed by atoms with Crippen LogP contribution in [0.4, 0.5) is 4.79 Å². The number of nitrogens with one attached hydrogen (secondary N) is 2. The van der Waals surface area contributed by atoms with Gasteiger partial charge in [-0.25, -0.2) is 4.79 Å². The monoisotopic (exact) mass is 307 g/mol. The van der Waals surface area contributed by atoms with Gasteiger partial charge in [-0.3, -0.25) is 4.79 Å². The van der Waals surface area contributed by atoms with Crippen LogP contribution in [-0.4, -0.2) is 56.7 Å². The number of rotatable bonds is 7. The van der Waals surface area contributed by atoms with Crippen molar-refractivity contribution in [2.24, 2.45) is 0 Å². The van der Waals surface area contributed by atoms with Gasteiger partial charge in [0.2, 0.25) is 0 Å². The van der Waals surface area contributed by atoms with E-state index in [0.29, 0.717) is 13.0 Å². The largest absolute Gasteiger partial charge is 0.469 e. The molecule has 2 N–H and O–H groups in total. The second kappa shape index (κ2) is 11.8. The number of carbonyl (C=O) groups excluding carboxylic acids is 2. The zero-order valence-corrected chi connectivity index (χ0v) is 13.0. The van der Waals surface area contributed by atoms with Crippen molar-refractivity contribution in [2.45, 2.75) is 32.1 Å². The van der Waals surface area contributed by atoms with Gasteiger partial charge in [0.15, 0.2) is 0 Å². The van der Waals surface area contributed by atoms with Crippen LogP contribution >= 0.6 is 12.4 Å². The predicted octanol–water partition coefficient (Wildman–Crippen LogP) is 1.15. The molecule has 0 aromatic rings. The molecule has 0 atom stereocenters. The van der Waals surface area contributed by atoms with Gasteiger partial charge in [0.05, 0.1) is 7.11 Å². The lowest BCUT2D eigenvalue weighted by Gasteiger charge is -2.27. The van der Waals surface area contributed by atoms with E-state index in [-0.39, 0.29) is 24.4 Å². The second-order valence-electron chi connectivity index (χ2n) is 4.71. The van der Waals surface area contributed by atoms with Crippen LogP contribution in [0.3, 0.4) is 0 Å². The van der Waals surface area contributed by atoms with Gasteiger partial charge in [-0.05, 0) is 12.8 Å². The Morgan fingerprint density at radius 2 is 1.80 bits per heavy atom. The maximum Gasteiger partial charge on any atom is 0.317 e. The van der Waals surface area contributed by atoms with Crippen molar-refractivity contribution < 1.29 is 14.3 Å². The van der Waals surface area contributed by atoms with Gasteiger partial charge in [-0.1, -0.05) is 12.8 Å². The lowest BCUT2D eigenvalue weighted by Crippen LogP contribution is -2.50. The van der Waals surface area contributed by atoms with Crippen molar-refractivity contribution in [1.29, 1.82) is 0 Å². The van der Waals surface area contributed by atoms with Gasteiger partial charge in [-0.2, -0.15) is 0 Å². The third-order valence-corrected chi connectivity index (χ3v) is 3.22. The quantitative estimate of drug-likeness (QED) is 0.547. The minimum absolute atomic E-state index is 0. The van der Waals surface area contributed by atoms with E-state index in [4.69, 9.17) is 0 Å². The number of esters is 1. The molecule has 0 aliphatic carbocycles. The average Bonchev–Trinajstić information content (AvgIpc) is 2.46. The Kier molecular flexibility index (Phi) is 11.2. The molecule has 0 saturated carbocycles. The number of ether oxygens (including phenoxy) is 1. The molecule has 0 aromatic carbocycles. The van der Waals surface area contributed by atoms with Gasteiger partial charge in [-0.15, -0.1) is 12.4 Å². The summed E-state index contributed by atoms with van der Waals surface area (Å²) < 4.78 is 4.57. The number of halogens is 1. The Balaban J connectivity index is 0.00000361. The average molecular weight is 308 g/mol. The molecule has 1 aliphatic rings. The highest BCUT2D eigenvalue weighted by atomic mass is 35.5. The number of urea groups is 1. The van der Waals surface area contributed by atoms with E-state index >= 15 is 0 Å². The van der Waals surface area contributed by atoms with Crippen molar-refractivity contribution in [3.05, 3.63) is 0 Å². The summed E-state index contributed by atoms with van der Waals surface area (Å²) in [7, 11) is 1.41. The zero-order valence-electron chi connectivity index (χ0n) is 12.2. The standard InChI is InChI=1S/C13H25N3O3.ClH/c1-19-12(17)6-4-2-3-5-7-15-13(18)16-10-8-14-9-11-16;/h14H,2-11H2,1H3,(H,15,18);1H. The summed E-state index contributed by atoms with van der Waals surface area (Å²) in [5.41, 5.74) is 0. The molecule has 0 radical (unpaired) electrons. The van der Waals surface area contributed by atoms with Gasteiger partial charge >= 0.3 is 12.0 Å². The van der Waals surface area contributed by atoms with E-state index in [9.17, 15) is 9.59 Å². The molecule has 0 unspecified atom stereocenters. The van der Waals surface area contributed by atoms with E-state index in [2.05, 4.69) is 15.4 Å². The molecule has 7 heteroatoms. The molecule has 1 rings (SSSR count). The normalized spacial score (nSPS) is 14.3. The van der Waals surface area contributed by atoms with Gasteiger partial charge in [0, 0.05) is 39.1 Å². The third kappa shape index (κ3) is 8.22. The predicted molar refractivity (Wildman–Crippen MR) is 80.2 cm³/mol. The van der Waals surface area contributed by atoms with E-state index in [1.165, 1.54) is 7.11 Å². The first-order valence-electron chi connectivity index (χ1n) is 7.04. The van der Waals surface area contributed by atoms with Crippen LogP contribution in [0, 0.1) is 0 Å². The molecule has 2 amide bonds. The Labute approximate surface area is 127 Å². The number of piperazine rings is 1. The van der Waals surface area contributed by atoms with E-state index < -0.39 is 0 Å². The summed E-state index contributed by atoms with van der Waals surface area (Å²) in [6, 6.07) is 0.0380. The molecular weight excluding hydrogens is 282 g/mol. The molecule has 118 valence electrons. The van der Waals surface area contributed by atoms with Gasteiger partial charge in [0.25, 0.3) is 0 Å². The molecule has 0 bridgehead atoms. The van der Waals surface area contributed by atoms with E-state index in [1.54, 1.807) is 0 Å². The number of hydrogen-bond acceptors (Lipinski definition) is 4. The van der Waals surface area contributed by atoms with Crippen LogP contribution in [0.25, 0.3) is 0 Å². The smallest absolute Gasteiger partial charge is 0.317 e. The molecule has 1 saturated heterocycles. The van der Waals surface area contributed by atoms with Crippen molar-refractivity contribution >= 4 is 24.4 Å². The molecule has 0 spiro atoms. The molecular formula is C13H26ClN3O3. The molecule has 0 aromatic heterocycles. The maximum absolute atomic E-state index is 11.7. The fourth-order valence-electron chi connectivity index (χ4n) is 2.03. The lowest BCUT2D eigenvalue weighted by atomic mass is 10.1. The van der Waals surface area contributed by atoms with Crippen molar-refractivity contribution in [3.8, 4) is 0 Å². The number of nitrogens with zero attached hydrogens (tertiary/aromatic N) is 1. The Hall–Kier alpha value is -1.01. The van der Waals surface area contributed by atoms with Crippen LogP contribution in [0.15, 0.2) is 0 Å². The van der Waals surface area contributed by atoms with Crippen LogP contribution in [-0.2, 0) is 9.53 Å². The minimum Gasteiger partial charge on any atom is -0.469 e. The first-order valence-corrected chi connectivity index (χ1v) is 7.04. The molecule has 1 aliphatic heterocycles. The molecule has 20 heavy (non-hydrogen) atoms. The van der Waals surface area contributed by atoms with Crippen LogP contribution in [0.1, 0.15) is 32.1 Å². The highest BCUT2D eigenvalue weighted by Gasteiger charge is 2.14. The van der Waals surface area contributed by atoms with Crippen molar-refractivity contribution in [2.75, 3.05) is 39.8 Å². The number of methoxy groups -OCH3 is 1. The zero-order chi connectivity index (χ0) is 13.9. The first-order chi connectivity index (χ1) is 9.24. The third-order valence-electron chi connectivity index (χ3n) is 3.22. The SMILES string of the molecule is COC(=O)CCCCCCNC(=O)N1CCNCC1.Cl. The fourth-order valence-corrected chi connectivity index (χ4v) is 2.03. The van der Waals surface area contributed by atoms with Crippen molar-refractivity contribution in [3.63, 3.8) is 0 Å². The van der Waals surface area contributed by atoms with Crippen LogP contribution in [0.2, 0.25) is 0 Å². The number of hydrogen-bond donors (Lipinski definition) is 2. The van der Waals surface area contributed by atoms with Crippen LogP contribution in [0.5, 0.6) is 0 Å². The second-order valence-corrected chi connectivity index (χ2v) is 4.71. The summed E-state index contributed by atoms with van der Waals surface area (Å²) in [5, 5.41) is 6.15. The topological polar surface area (TPSA) is 70.7 Å². The van der Waals surface area contributed by atoms with E-state index in [0.717, 1.165) is 51.9 Å². The number of carbonyl (C=O) groups is 2. The number of unbranched alkanes of at least 4 members (excludes halogenated alkanes) is 3. The molecule has 1 fully saturated rings. The first kappa shape index (κ1) is 19.0. The Morgan fingerprint density at radius 1 is 1.15 bits per heavy atom.